The molecule has 114 valence electrons. The van der Waals surface area contributed by atoms with E-state index in [1.165, 1.54) is 6.92 Å². The lowest BCUT2D eigenvalue weighted by Gasteiger charge is -2.14. The fourth-order valence-corrected chi connectivity index (χ4v) is 1.67. The summed E-state index contributed by atoms with van der Waals surface area (Å²) in [5.41, 5.74) is 2.18. The summed E-state index contributed by atoms with van der Waals surface area (Å²) in [5.74, 6) is -1.26. The molecule has 0 aromatic heterocycles. The number of benzene rings is 1. The molecule has 0 aliphatic rings. The fourth-order valence-electron chi connectivity index (χ4n) is 1.67. The molecule has 1 rings (SSSR count). The van der Waals surface area contributed by atoms with E-state index >= 15 is 0 Å². The van der Waals surface area contributed by atoms with Crippen molar-refractivity contribution >= 4 is 17.9 Å². The molecule has 0 heterocycles. The van der Waals surface area contributed by atoms with E-state index in [0.717, 1.165) is 11.1 Å². The summed E-state index contributed by atoms with van der Waals surface area (Å²) in [6.07, 6.45) is -1.06. The molecular formula is C15H20N2O4. The van der Waals surface area contributed by atoms with Crippen molar-refractivity contribution in [3.8, 4) is 0 Å². The van der Waals surface area contributed by atoms with Gasteiger partial charge in [-0.15, -0.1) is 0 Å². The smallest absolute Gasteiger partial charge is 0.339 e. The highest BCUT2D eigenvalue weighted by Crippen LogP contribution is 2.14. The molecule has 3 amide bonds. The molecule has 0 spiro atoms. The predicted molar refractivity (Wildman–Crippen MR) is 78.0 cm³/mol. The number of esters is 1. The summed E-state index contributed by atoms with van der Waals surface area (Å²) in [4.78, 5) is 35.0. The Balaban J connectivity index is 2.68. The number of rotatable bonds is 4. The summed E-state index contributed by atoms with van der Waals surface area (Å²) < 4.78 is 5.08. The van der Waals surface area contributed by atoms with Crippen LogP contribution in [0.15, 0.2) is 18.2 Å². The number of imide groups is 1. The van der Waals surface area contributed by atoms with Gasteiger partial charge >= 0.3 is 12.0 Å². The molecule has 2 N–H and O–H groups in total. The maximum absolute atomic E-state index is 12.0. The van der Waals surface area contributed by atoms with Crippen LogP contribution in [-0.2, 0) is 9.53 Å². The number of ether oxygens (including phenoxy) is 1. The van der Waals surface area contributed by atoms with Gasteiger partial charge in [-0.3, -0.25) is 10.1 Å². The monoisotopic (exact) mass is 292 g/mol. The van der Waals surface area contributed by atoms with Crippen LogP contribution in [0.2, 0.25) is 0 Å². The standard InChI is InChI=1S/C15H20N2O4/c1-5-16-15(20)17-13(18)11(4)21-14(19)12-8-6-7-9(2)10(12)3/h6-8,11H,5H2,1-4H3,(H2,16,17,18,20). The van der Waals surface area contributed by atoms with Gasteiger partial charge in [0.1, 0.15) is 0 Å². The number of amides is 3. The number of hydrogen-bond acceptors (Lipinski definition) is 4. The fraction of sp³-hybridized carbons (Fsp3) is 0.400. The van der Waals surface area contributed by atoms with Crippen molar-refractivity contribution in [1.29, 1.82) is 0 Å². The van der Waals surface area contributed by atoms with Crippen LogP contribution in [0.1, 0.15) is 35.3 Å². The molecule has 0 aliphatic carbocycles. The highest BCUT2D eigenvalue weighted by atomic mass is 16.5. The Morgan fingerprint density at radius 3 is 2.52 bits per heavy atom. The molecule has 0 bridgehead atoms. The van der Waals surface area contributed by atoms with Crippen LogP contribution in [0.5, 0.6) is 0 Å². The Kier molecular flexibility index (Phi) is 5.90. The van der Waals surface area contributed by atoms with Gasteiger partial charge in [0.05, 0.1) is 5.56 Å². The van der Waals surface area contributed by atoms with Crippen LogP contribution in [0.4, 0.5) is 4.79 Å². The minimum Gasteiger partial charge on any atom is -0.449 e. The second-order valence-electron chi connectivity index (χ2n) is 4.64. The maximum Gasteiger partial charge on any atom is 0.339 e. The lowest BCUT2D eigenvalue weighted by molar-refractivity contribution is -0.127. The Labute approximate surface area is 123 Å². The van der Waals surface area contributed by atoms with E-state index in [1.54, 1.807) is 19.1 Å². The van der Waals surface area contributed by atoms with E-state index < -0.39 is 24.0 Å². The Morgan fingerprint density at radius 2 is 1.90 bits per heavy atom. The quantitative estimate of drug-likeness (QED) is 0.827. The molecular weight excluding hydrogens is 272 g/mol. The number of nitrogens with one attached hydrogen (secondary N) is 2. The topological polar surface area (TPSA) is 84.5 Å². The molecule has 1 aromatic rings. The molecule has 1 atom stereocenters. The van der Waals surface area contributed by atoms with Gasteiger partial charge in [-0.25, -0.2) is 9.59 Å². The molecule has 6 heteroatoms. The summed E-state index contributed by atoms with van der Waals surface area (Å²) in [6, 6.07) is 4.66. The molecule has 6 nitrogen and oxygen atoms in total. The number of carbonyl (C=O) groups excluding carboxylic acids is 3. The minimum atomic E-state index is -1.06. The Bertz CT molecular complexity index is 555. The van der Waals surface area contributed by atoms with Crippen LogP contribution in [-0.4, -0.2) is 30.6 Å². The third-order valence-corrected chi connectivity index (χ3v) is 3.05. The van der Waals surface area contributed by atoms with Gasteiger partial charge in [-0.05, 0) is 44.9 Å². The predicted octanol–water partition coefficient (Wildman–Crippen LogP) is 1.69. The SMILES string of the molecule is CCNC(=O)NC(=O)C(C)OC(=O)c1cccc(C)c1C. The largest absolute Gasteiger partial charge is 0.449 e. The van der Waals surface area contributed by atoms with Gasteiger partial charge < -0.3 is 10.1 Å². The minimum absolute atomic E-state index is 0.399. The first-order valence-corrected chi connectivity index (χ1v) is 6.72. The Hall–Kier alpha value is -2.37. The zero-order valence-corrected chi connectivity index (χ0v) is 12.6. The van der Waals surface area contributed by atoms with Crippen molar-refractivity contribution in [2.45, 2.75) is 33.8 Å². The van der Waals surface area contributed by atoms with Gasteiger partial charge in [-0.2, -0.15) is 0 Å². The van der Waals surface area contributed by atoms with Gasteiger partial charge in [0.2, 0.25) is 0 Å². The molecule has 21 heavy (non-hydrogen) atoms. The number of aryl methyl sites for hydroxylation is 1. The van der Waals surface area contributed by atoms with Crippen molar-refractivity contribution in [2.24, 2.45) is 0 Å². The first-order valence-electron chi connectivity index (χ1n) is 6.72. The molecule has 1 aromatic carbocycles. The van der Waals surface area contributed by atoms with E-state index in [-0.39, 0.29) is 0 Å². The average molecular weight is 292 g/mol. The van der Waals surface area contributed by atoms with E-state index in [2.05, 4.69) is 10.6 Å². The van der Waals surface area contributed by atoms with E-state index in [9.17, 15) is 14.4 Å². The van der Waals surface area contributed by atoms with Crippen molar-refractivity contribution in [3.63, 3.8) is 0 Å². The second kappa shape index (κ2) is 7.42. The van der Waals surface area contributed by atoms with Crippen LogP contribution < -0.4 is 10.6 Å². The van der Waals surface area contributed by atoms with Gasteiger partial charge in [-0.1, -0.05) is 12.1 Å². The third kappa shape index (κ3) is 4.59. The maximum atomic E-state index is 12.0. The number of carbonyl (C=O) groups is 3. The molecule has 0 fully saturated rings. The lowest BCUT2D eigenvalue weighted by Crippen LogP contribution is -2.44. The van der Waals surface area contributed by atoms with E-state index in [0.29, 0.717) is 12.1 Å². The lowest BCUT2D eigenvalue weighted by atomic mass is 10.0. The first-order chi connectivity index (χ1) is 9.86. The zero-order chi connectivity index (χ0) is 16.0. The number of urea groups is 1. The van der Waals surface area contributed by atoms with Crippen LogP contribution in [0, 0.1) is 13.8 Å². The molecule has 1 unspecified atom stereocenters. The van der Waals surface area contributed by atoms with Crippen molar-refractivity contribution in [1.82, 2.24) is 10.6 Å². The zero-order valence-electron chi connectivity index (χ0n) is 12.6. The molecule has 0 aliphatic heterocycles. The van der Waals surface area contributed by atoms with Crippen LogP contribution in [0.25, 0.3) is 0 Å². The summed E-state index contributed by atoms with van der Waals surface area (Å²) >= 11 is 0. The highest BCUT2D eigenvalue weighted by Gasteiger charge is 2.21. The third-order valence-electron chi connectivity index (χ3n) is 3.05. The van der Waals surface area contributed by atoms with E-state index in [1.807, 2.05) is 19.9 Å². The first kappa shape index (κ1) is 16.7. The van der Waals surface area contributed by atoms with Gasteiger partial charge in [0, 0.05) is 6.54 Å². The normalized spacial score (nSPS) is 11.4. The van der Waals surface area contributed by atoms with Crippen molar-refractivity contribution < 1.29 is 19.1 Å². The summed E-state index contributed by atoms with van der Waals surface area (Å²) in [5, 5.41) is 4.52. The second-order valence-corrected chi connectivity index (χ2v) is 4.64. The van der Waals surface area contributed by atoms with Gasteiger partial charge in [0.15, 0.2) is 6.10 Å². The highest BCUT2D eigenvalue weighted by molar-refractivity contribution is 5.98. The summed E-state index contributed by atoms with van der Waals surface area (Å²) in [7, 11) is 0. The molecule has 0 saturated heterocycles. The van der Waals surface area contributed by atoms with E-state index in [4.69, 9.17) is 4.74 Å². The van der Waals surface area contributed by atoms with Crippen molar-refractivity contribution in [3.05, 3.63) is 34.9 Å². The average Bonchev–Trinajstić information content (AvgIpc) is 2.41. The van der Waals surface area contributed by atoms with Crippen LogP contribution in [0.3, 0.4) is 0 Å². The number of hydrogen-bond donors (Lipinski definition) is 2. The van der Waals surface area contributed by atoms with Gasteiger partial charge in [0.25, 0.3) is 5.91 Å². The summed E-state index contributed by atoms with van der Waals surface area (Å²) in [6.45, 7) is 7.24. The molecule has 0 radical (unpaired) electrons. The van der Waals surface area contributed by atoms with Crippen molar-refractivity contribution in [2.75, 3.05) is 6.54 Å². The Morgan fingerprint density at radius 1 is 1.24 bits per heavy atom. The molecule has 0 saturated carbocycles. The van der Waals surface area contributed by atoms with Crippen LogP contribution >= 0.6 is 0 Å².